The predicted molar refractivity (Wildman–Crippen MR) is 99.3 cm³/mol. The molecule has 1 amide bonds. The van der Waals surface area contributed by atoms with Crippen LogP contribution in [-0.4, -0.2) is 24.5 Å². The Bertz CT molecular complexity index is 934. The van der Waals surface area contributed by atoms with Gasteiger partial charge in [-0.15, -0.1) is 0 Å². The molecule has 0 radical (unpaired) electrons. The number of ether oxygens (including phenoxy) is 1. The molecule has 1 aromatic heterocycles. The summed E-state index contributed by atoms with van der Waals surface area (Å²) in [5.74, 6) is 0.685. The minimum Gasteiger partial charge on any atom is -0.450 e. The first-order chi connectivity index (χ1) is 13.0. The molecule has 2 aliphatic carbocycles. The van der Waals surface area contributed by atoms with Crippen molar-refractivity contribution in [3.63, 3.8) is 0 Å². The Morgan fingerprint density at radius 3 is 2.81 bits per heavy atom. The van der Waals surface area contributed by atoms with Gasteiger partial charge in [-0.3, -0.25) is 9.59 Å². The third-order valence-corrected chi connectivity index (χ3v) is 5.99. The van der Waals surface area contributed by atoms with Crippen LogP contribution < -0.4 is 10.7 Å². The molecular weight excluding hydrogens is 346 g/mol. The Balaban J connectivity index is 1.33. The van der Waals surface area contributed by atoms with Crippen LogP contribution in [0.5, 0.6) is 0 Å². The van der Waals surface area contributed by atoms with Crippen molar-refractivity contribution in [2.75, 3.05) is 6.61 Å². The maximum atomic E-state index is 12.2. The normalized spacial score (nSPS) is 24.7. The maximum absolute atomic E-state index is 12.2. The molecule has 0 spiro atoms. The summed E-state index contributed by atoms with van der Waals surface area (Å²) in [6.07, 6.45) is 5.02. The van der Waals surface area contributed by atoms with E-state index in [0.29, 0.717) is 22.8 Å². The fraction of sp³-hybridized carbons (Fsp3) is 0.476. The van der Waals surface area contributed by atoms with Crippen molar-refractivity contribution in [2.45, 2.75) is 38.6 Å². The van der Waals surface area contributed by atoms with Gasteiger partial charge in [0.25, 0.3) is 5.91 Å². The van der Waals surface area contributed by atoms with Gasteiger partial charge in [0.1, 0.15) is 5.58 Å². The summed E-state index contributed by atoms with van der Waals surface area (Å²) < 4.78 is 10.5. The van der Waals surface area contributed by atoms with Crippen LogP contribution in [0.25, 0.3) is 11.0 Å². The third-order valence-electron chi connectivity index (χ3n) is 5.99. The zero-order valence-electron chi connectivity index (χ0n) is 15.3. The van der Waals surface area contributed by atoms with E-state index in [9.17, 15) is 14.4 Å². The number of carbonyl (C=O) groups is 2. The average Bonchev–Trinajstić information content (AvgIpc) is 3.29. The summed E-state index contributed by atoms with van der Waals surface area (Å²) >= 11 is 0. The van der Waals surface area contributed by atoms with Crippen LogP contribution in [0.1, 0.15) is 43.2 Å². The Kier molecular flexibility index (Phi) is 4.72. The zero-order valence-corrected chi connectivity index (χ0v) is 15.3. The van der Waals surface area contributed by atoms with E-state index in [1.807, 2.05) is 6.92 Å². The van der Waals surface area contributed by atoms with Crippen LogP contribution in [0.3, 0.4) is 0 Å². The summed E-state index contributed by atoms with van der Waals surface area (Å²) in [5, 5.41) is 3.34. The molecule has 2 aromatic rings. The van der Waals surface area contributed by atoms with Gasteiger partial charge in [-0.1, -0.05) is 18.6 Å². The second-order valence-electron chi connectivity index (χ2n) is 7.74. The zero-order chi connectivity index (χ0) is 19.0. The Morgan fingerprint density at radius 2 is 2.07 bits per heavy atom. The number of benzene rings is 1. The van der Waals surface area contributed by atoms with Gasteiger partial charge in [-0.2, -0.15) is 0 Å². The number of amides is 1. The first-order valence-corrected chi connectivity index (χ1v) is 9.50. The molecule has 4 rings (SSSR count). The van der Waals surface area contributed by atoms with E-state index < -0.39 is 5.97 Å². The van der Waals surface area contributed by atoms with Crippen LogP contribution in [-0.2, 0) is 9.53 Å². The average molecular weight is 369 g/mol. The lowest BCUT2D eigenvalue weighted by molar-refractivity contribution is -0.125. The van der Waals surface area contributed by atoms with Crippen LogP contribution in [0, 0.1) is 17.8 Å². The Hall–Kier alpha value is -2.63. The van der Waals surface area contributed by atoms with Gasteiger partial charge < -0.3 is 14.5 Å². The Morgan fingerprint density at radius 1 is 1.26 bits per heavy atom. The predicted octanol–water partition coefficient (Wildman–Crippen LogP) is 2.89. The summed E-state index contributed by atoms with van der Waals surface area (Å²) in [7, 11) is 0. The van der Waals surface area contributed by atoms with E-state index in [1.165, 1.54) is 25.7 Å². The smallest absolute Gasteiger partial charge is 0.374 e. The van der Waals surface area contributed by atoms with Gasteiger partial charge >= 0.3 is 5.97 Å². The number of hydrogen-bond donors (Lipinski definition) is 1. The first kappa shape index (κ1) is 17.8. The van der Waals surface area contributed by atoms with E-state index in [1.54, 1.807) is 24.3 Å². The van der Waals surface area contributed by atoms with E-state index >= 15 is 0 Å². The van der Waals surface area contributed by atoms with E-state index in [-0.39, 0.29) is 29.7 Å². The van der Waals surface area contributed by atoms with Gasteiger partial charge in [0, 0.05) is 12.1 Å². The van der Waals surface area contributed by atoms with Gasteiger partial charge in [0.05, 0.1) is 5.39 Å². The molecule has 1 N–H and O–H groups in total. The standard InChI is InChI=1S/C21H23NO5/c1-12(16-9-13-6-7-14(16)8-13)22-20(24)11-26-21(25)19-10-17(23)15-4-2-3-5-18(15)27-19/h2-5,10,12-14,16H,6-9,11H2,1H3,(H,22,24)/t12-,13-,14-,16+/m0/s1. The van der Waals surface area contributed by atoms with E-state index in [4.69, 9.17) is 9.15 Å². The largest absolute Gasteiger partial charge is 0.450 e. The topological polar surface area (TPSA) is 85.6 Å². The SMILES string of the molecule is C[C@H](NC(=O)COC(=O)c1cc(=O)c2ccccc2o1)[C@H]1C[C@H]2CC[C@H]1C2. The van der Waals surface area contributed by atoms with E-state index in [2.05, 4.69) is 5.32 Å². The minimum atomic E-state index is -0.819. The highest BCUT2D eigenvalue weighted by Crippen LogP contribution is 2.49. The number of carbonyl (C=O) groups excluding carboxylic acids is 2. The highest BCUT2D eigenvalue weighted by atomic mass is 16.5. The third kappa shape index (κ3) is 3.61. The number of hydrogen-bond acceptors (Lipinski definition) is 5. The van der Waals surface area contributed by atoms with Crippen molar-refractivity contribution in [3.05, 3.63) is 46.3 Å². The lowest BCUT2D eigenvalue weighted by Gasteiger charge is -2.28. The monoisotopic (exact) mass is 369 g/mol. The highest BCUT2D eigenvalue weighted by molar-refractivity contribution is 5.90. The van der Waals surface area contributed by atoms with Crippen LogP contribution in [0.2, 0.25) is 0 Å². The molecule has 27 heavy (non-hydrogen) atoms. The lowest BCUT2D eigenvalue weighted by Crippen LogP contribution is -2.42. The van der Waals surface area contributed by atoms with Crippen molar-refractivity contribution >= 4 is 22.8 Å². The Labute approximate surface area is 156 Å². The molecule has 4 atom stereocenters. The molecule has 6 nitrogen and oxygen atoms in total. The maximum Gasteiger partial charge on any atom is 0.374 e. The van der Waals surface area contributed by atoms with Gasteiger partial charge in [-0.05, 0) is 56.1 Å². The molecular formula is C21H23NO5. The van der Waals surface area contributed by atoms with Crippen molar-refractivity contribution in [2.24, 2.45) is 17.8 Å². The number of rotatable bonds is 5. The minimum absolute atomic E-state index is 0.0742. The number of para-hydroxylation sites is 1. The summed E-state index contributed by atoms with van der Waals surface area (Å²) in [4.78, 5) is 36.4. The molecule has 2 bridgehead atoms. The summed E-state index contributed by atoms with van der Waals surface area (Å²) in [6, 6.07) is 7.84. The molecule has 6 heteroatoms. The van der Waals surface area contributed by atoms with Crippen molar-refractivity contribution < 1.29 is 18.7 Å². The molecule has 1 heterocycles. The lowest BCUT2D eigenvalue weighted by atomic mass is 9.84. The van der Waals surface area contributed by atoms with E-state index in [0.717, 1.165) is 12.0 Å². The summed E-state index contributed by atoms with van der Waals surface area (Å²) in [6.45, 7) is 1.63. The second-order valence-corrected chi connectivity index (χ2v) is 7.74. The fourth-order valence-corrected chi connectivity index (χ4v) is 4.72. The molecule has 0 unspecified atom stereocenters. The quantitative estimate of drug-likeness (QED) is 0.819. The first-order valence-electron chi connectivity index (χ1n) is 9.50. The van der Waals surface area contributed by atoms with Crippen molar-refractivity contribution in [3.8, 4) is 0 Å². The van der Waals surface area contributed by atoms with Crippen LogP contribution >= 0.6 is 0 Å². The molecule has 0 saturated heterocycles. The van der Waals surface area contributed by atoms with Crippen LogP contribution in [0.15, 0.2) is 39.5 Å². The molecule has 142 valence electrons. The molecule has 1 aromatic carbocycles. The van der Waals surface area contributed by atoms with Gasteiger partial charge in [-0.25, -0.2) is 4.79 Å². The molecule has 2 fully saturated rings. The molecule has 0 aliphatic heterocycles. The highest BCUT2D eigenvalue weighted by Gasteiger charge is 2.42. The molecule has 2 aliphatic rings. The van der Waals surface area contributed by atoms with Gasteiger partial charge in [0.15, 0.2) is 12.0 Å². The van der Waals surface area contributed by atoms with Crippen molar-refractivity contribution in [1.82, 2.24) is 5.32 Å². The number of esters is 1. The number of fused-ring (bicyclic) bond motifs is 3. The fourth-order valence-electron chi connectivity index (χ4n) is 4.72. The molecule has 2 saturated carbocycles. The van der Waals surface area contributed by atoms with Crippen molar-refractivity contribution in [1.29, 1.82) is 0 Å². The number of nitrogens with one attached hydrogen (secondary N) is 1. The second kappa shape index (κ2) is 7.18. The summed E-state index contributed by atoms with van der Waals surface area (Å²) in [5.41, 5.74) is -0.00975. The van der Waals surface area contributed by atoms with Gasteiger partial charge in [0.2, 0.25) is 5.76 Å². The van der Waals surface area contributed by atoms with Crippen LogP contribution in [0.4, 0.5) is 0 Å².